The predicted octanol–water partition coefficient (Wildman–Crippen LogP) is 7.02. The summed E-state index contributed by atoms with van der Waals surface area (Å²) in [6.45, 7) is 9.01. The van der Waals surface area contributed by atoms with Crippen LogP contribution in [0.2, 0.25) is 0 Å². The number of carbonyl (C=O) groups excluding carboxylic acids is 2. The van der Waals surface area contributed by atoms with Gasteiger partial charge in [0, 0.05) is 5.56 Å². The lowest BCUT2D eigenvalue weighted by atomic mass is 10.0. The molecule has 0 N–H and O–H groups in total. The first-order valence-corrected chi connectivity index (χ1v) is 12.2. The third-order valence-electron chi connectivity index (χ3n) is 5.06. The molecular weight excluding hydrogens is 413 g/mol. The van der Waals surface area contributed by atoms with Gasteiger partial charge in [-0.1, -0.05) is 71.1 Å². The Bertz CT molecular complexity index is 693. The van der Waals surface area contributed by atoms with E-state index >= 15 is 0 Å². The van der Waals surface area contributed by atoms with Crippen LogP contribution in [0.25, 0.3) is 0 Å². The fourth-order valence-corrected chi connectivity index (χ4v) is 3.47. The van der Waals surface area contributed by atoms with Crippen molar-refractivity contribution in [1.29, 1.82) is 0 Å². The molecule has 0 aliphatic rings. The molecule has 0 aliphatic heterocycles. The van der Waals surface area contributed by atoms with Crippen LogP contribution in [0.4, 0.5) is 9.18 Å². The van der Waals surface area contributed by atoms with E-state index in [-0.39, 0.29) is 6.61 Å². The summed E-state index contributed by atoms with van der Waals surface area (Å²) in [5.41, 5.74) is -0.867. The van der Waals surface area contributed by atoms with Crippen molar-refractivity contribution in [1.82, 2.24) is 4.73 Å². The number of hydrogen-bond donors (Lipinski definition) is 0. The van der Waals surface area contributed by atoms with Gasteiger partial charge in [0.25, 0.3) is 0 Å². The Morgan fingerprint density at radius 3 is 1.94 bits per heavy atom. The van der Waals surface area contributed by atoms with E-state index in [1.807, 2.05) is 0 Å². The summed E-state index contributed by atoms with van der Waals surface area (Å²) >= 11 is 0. The highest BCUT2D eigenvalue weighted by Gasteiger charge is 2.27. The first kappa shape index (κ1) is 28.0. The molecule has 0 spiro atoms. The Kier molecular flexibility index (Phi) is 13.0. The van der Waals surface area contributed by atoms with Gasteiger partial charge in [0.2, 0.25) is 5.69 Å². The largest absolute Gasteiger partial charge is 0.534 e. The number of esters is 1. The molecule has 0 aliphatic carbocycles. The summed E-state index contributed by atoms with van der Waals surface area (Å²) in [7, 11) is 0. The molecule has 6 nitrogen and oxygen atoms in total. The maximum absolute atomic E-state index is 14.9. The van der Waals surface area contributed by atoms with Crippen LogP contribution in [0.15, 0.2) is 6.20 Å². The van der Waals surface area contributed by atoms with E-state index in [9.17, 15) is 14.0 Å². The molecule has 0 saturated carbocycles. The second kappa shape index (κ2) is 14.9. The molecular formula is C25H42FNO5. The topological polar surface area (TPSA) is 66.8 Å². The average Bonchev–Trinajstić information content (AvgIpc) is 2.99. The molecule has 1 heterocycles. The highest BCUT2D eigenvalue weighted by molar-refractivity contribution is 5.88. The quantitative estimate of drug-likeness (QED) is 0.210. The van der Waals surface area contributed by atoms with E-state index < -0.39 is 29.2 Å². The number of unbranched alkanes of at least 4 members (excludes halogenated alkanes) is 10. The lowest BCUT2D eigenvalue weighted by Crippen LogP contribution is -2.31. The number of aromatic nitrogens is 1. The normalized spacial score (nSPS) is 11.4. The number of aryl methyl sites for hydroxylation is 1. The molecule has 0 unspecified atom stereocenters. The Labute approximate surface area is 192 Å². The third-order valence-corrected chi connectivity index (χ3v) is 5.06. The van der Waals surface area contributed by atoms with Crippen LogP contribution in [0.3, 0.4) is 0 Å². The zero-order chi connectivity index (χ0) is 24.0. The number of nitrogens with zero attached hydrogens (tertiary/aromatic N) is 1. The fraction of sp³-hybridized carbons (Fsp3) is 0.760. The van der Waals surface area contributed by atoms with Crippen molar-refractivity contribution in [2.45, 2.75) is 117 Å². The van der Waals surface area contributed by atoms with Crippen LogP contribution in [-0.2, 0) is 15.9 Å². The second-order valence-electron chi connectivity index (χ2n) is 9.20. The van der Waals surface area contributed by atoms with Gasteiger partial charge in [0.15, 0.2) is 5.82 Å². The van der Waals surface area contributed by atoms with E-state index in [0.717, 1.165) is 24.0 Å². The number of halogens is 1. The molecule has 0 bridgehead atoms. The molecule has 1 aromatic heterocycles. The zero-order valence-electron chi connectivity index (χ0n) is 20.6. The predicted molar refractivity (Wildman–Crippen MR) is 123 cm³/mol. The van der Waals surface area contributed by atoms with Crippen LogP contribution >= 0.6 is 0 Å². The summed E-state index contributed by atoms with van der Waals surface area (Å²) in [5, 5.41) is 0. The van der Waals surface area contributed by atoms with Crippen LogP contribution in [0.5, 0.6) is 0 Å². The van der Waals surface area contributed by atoms with Crippen LogP contribution in [-0.4, -0.2) is 29.1 Å². The van der Waals surface area contributed by atoms with E-state index in [1.54, 1.807) is 27.7 Å². The Balaban J connectivity index is 2.54. The molecule has 0 saturated heterocycles. The van der Waals surface area contributed by atoms with Gasteiger partial charge in [-0.15, -0.1) is 0 Å². The Morgan fingerprint density at radius 2 is 1.44 bits per heavy atom. The summed E-state index contributed by atoms with van der Waals surface area (Å²) in [4.78, 5) is 29.3. The summed E-state index contributed by atoms with van der Waals surface area (Å²) in [6, 6.07) is 0. The van der Waals surface area contributed by atoms with Gasteiger partial charge in [0.1, 0.15) is 5.60 Å². The van der Waals surface area contributed by atoms with Crippen molar-refractivity contribution >= 4 is 12.1 Å². The van der Waals surface area contributed by atoms with Crippen molar-refractivity contribution in [2.75, 3.05) is 6.61 Å². The van der Waals surface area contributed by atoms with Crippen molar-refractivity contribution in [3.63, 3.8) is 0 Å². The van der Waals surface area contributed by atoms with Crippen LogP contribution in [0.1, 0.15) is 121 Å². The molecule has 32 heavy (non-hydrogen) atoms. The van der Waals surface area contributed by atoms with Crippen molar-refractivity contribution in [3.8, 4) is 0 Å². The zero-order valence-corrected chi connectivity index (χ0v) is 20.6. The molecule has 0 amide bonds. The summed E-state index contributed by atoms with van der Waals surface area (Å²) in [5.74, 6) is -1.59. The highest BCUT2D eigenvalue weighted by Crippen LogP contribution is 2.20. The van der Waals surface area contributed by atoms with Gasteiger partial charge in [0.05, 0.1) is 12.8 Å². The van der Waals surface area contributed by atoms with E-state index in [4.69, 9.17) is 14.3 Å². The van der Waals surface area contributed by atoms with Crippen LogP contribution < -0.4 is 4.84 Å². The minimum absolute atomic E-state index is 0.0871. The van der Waals surface area contributed by atoms with Gasteiger partial charge in [-0.25, -0.2) is 14.0 Å². The molecule has 1 rings (SSSR count). The molecule has 1 aromatic rings. The molecule has 0 atom stereocenters. The third kappa shape index (κ3) is 11.0. The molecule has 0 fully saturated rings. The lowest BCUT2D eigenvalue weighted by Gasteiger charge is -2.18. The van der Waals surface area contributed by atoms with Crippen molar-refractivity contribution < 1.29 is 28.3 Å². The highest BCUT2D eigenvalue weighted by atomic mass is 19.1. The van der Waals surface area contributed by atoms with Gasteiger partial charge in [-0.3, -0.25) is 0 Å². The SMILES string of the molecule is CCCCCCCCCCCCCc1cn(OC(=O)OC(C)(C)C)c(C(=O)OCC)c1F. The Morgan fingerprint density at radius 1 is 0.906 bits per heavy atom. The first-order chi connectivity index (χ1) is 15.2. The van der Waals surface area contributed by atoms with E-state index in [2.05, 4.69) is 6.92 Å². The van der Waals surface area contributed by atoms with E-state index in [0.29, 0.717) is 12.0 Å². The van der Waals surface area contributed by atoms with Gasteiger partial charge in [-0.2, -0.15) is 4.73 Å². The number of carbonyl (C=O) groups is 2. The summed E-state index contributed by atoms with van der Waals surface area (Å²) in [6.07, 6.45) is 14.0. The smallest absolute Gasteiger partial charge is 0.461 e. The maximum Gasteiger partial charge on any atom is 0.534 e. The summed E-state index contributed by atoms with van der Waals surface area (Å²) < 4.78 is 25.8. The monoisotopic (exact) mass is 455 g/mol. The fourth-order valence-electron chi connectivity index (χ4n) is 3.47. The van der Waals surface area contributed by atoms with Crippen LogP contribution in [0, 0.1) is 5.82 Å². The molecule has 7 heteroatoms. The molecule has 0 aromatic carbocycles. The number of hydrogen-bond acceptors (Lipinski definition) is 5. The molecule has 184 valence electrons. The Hall–Kier alpha value is -2.05. The van der Waals surface area contributed by atoms with Gasteiger partial charge < -0.3 is 14.3 Å². The van der Waals surface area contributed by atoms with Crippen molar-refractivity contribution in [3.05, 3.63) is 23.3 Å². The minimum Gasteiger partial charge on any atom is -0.461 e. The molecule has 0 radical (unpaired) electrons. The van der Waals surface area contributed by atoms with Gasteiger partial charge >= 0.3 is 12.1 Å². The standard InChI is InChI=1S/C25H42FNO5/c1-6-8-9-10-11-12-13-14-15-16-17-18-20-19-27(32-24(29)31-25(3,4)5)22(21(20)26)23(28)30-7-2/h19H,6-18H2,1-5H3. The average molecular weight is 456 g/mol. The minimum atomic E-state index is -1.01. The van der Waals surface area contributed by atoms with Crippen molar-refractivity contribution in [2.24, 2.45) is 0 Å². The van der Waals surface area contributed by atoms with Gasteiger partial charge in [-0.05, 0) is 40.5 Å². The van der Waals surface area contributed by atoms with E-state index in [1.165, 1.54) is 57.6 Å². The maximum atomic E-state index is 14.9. The first-order valence-electron chi connectivity index (χ1n) is 12.2. The number of rotatable bonds is 15. The number of ether oxygens (including phenoxy) is 2. The lowest BCUT2D eigenvalue weighted by molar-refractivity contribution is -0.0129. The second-order valence-corrected chi connectivity index (χ2v) is 9.20.